The number of amidine groups is 1. The second-order valence-electron chi connectivity index (χ2n) is 4.88. The van der Waals surface area contributed by atoms with Gasteiger partial charge in [0, 0.05) is 19.5 Å². The Morgan fingerprint density at radius 3 is 2.53 bits per heavy atom. The summed E-state index contributed by atoms with van der Waals surface area (Å²) in [6.07, 6.45) is 4.31. The zero-order valence-electron chi connectivity index (χ0n) is 11.2. The smallest absolute Gasteiger partial charge is 0.239 e. The van der Waals surface area contributed by atoms with E-state index in [1.165, 1.54) is 0 Å². The van der Waals surface area contributed by atoms with Gasteiger partial charge in [0.1, 0.15) is 5.84 Å². The maximum Gasteiger partial charge on any atom is 0.239 e. The molecule has 0 aromatic rings. The van der Waals surface area contributed by atoms with Crippen molar-refractivity contribution in [3.05, 3.63) is 0 Å². The molecule has 1 aliphatic rings. The normalized spacial score (nSPS) is 17.3. The number of sulfonamides is 1. The van der Waals surface area contributed by atoms with Gasteiger partial charge in [0.25, 0.3) is 0 Å². The number of nitrogens with one attached hydrogen (secondary N) is 2. The first-order valence-corrected chi connectivity index (χ1v) is 8.28. The Hall–Kier alpha value is -1.15. The molecule has 1 amide bonds. The molecule has 4 N–H and O–H groups in total. The molecule has 8 heteroatoms. The molecule has 1 saturated heterocycles. The molecule has 19 heavy (non-hydrogen) atoms. The molecule has 1 heterocycles. The second kappa shape index (κ2) is 6.85. The Labute approximate surface area is 114 Å². The molecule has 0 saturated carbocycles. The van der Waals surface area contributed by atoms with E-state index >= 15 is 0 Å². The van der Waals surface area contributed by atoms with Gasteiger partial charge in [-0.3, -0.25) is 14.9 Å². The van der Waals surface area contributed by atoms with Crippen molar-refractivity contribution in [2.75, 3.05) is 19.3 Å². The van der Waals surface area contributed by atoms with E-state index in [1.807, 2.05) is 0 Å². The second-order valence-corrected chi connectivity index (χ2v) is 6.63. The lowest BCUT2D eigenvalue weighted by atomic mass is 10.1. The van der Waals surface area contributed by atoms with Gasteiger partial charge in [0.2, 0.25) is 15.9 Å². The summed E-state index contributed by atoms with van der Waals surface area (Å²) in [5.41, 5.74) is 5.81. The van der Waals surface area contributed by atoms with Crippen LogP contribution in [0.3, 0.4) is 0 Å². The van der Waals surface area contributed by atoms with Crippen molar-refractivity contribution in [3.63, 3.8) is 0 Å². The SMILES string of the molecule is CS(=O)(=O)NC(=N)CCCC(N)C(=O)N1CCCC1. The van der Waals surface area contributed by atoms with Gasteiger partial charge in [-0.2, -0.15) is 0 Å². The number of hydrogen-bond donors (Lipinski definition) is 3. The summed E-state index contributed by atoms with van der Waals surface area (Å²) in [5, 5.41) is 7.44. The Morgan fingerprint density at radius 1 is 1.42 bits per heavy atom. The molecular formula is C11H22N4O3S. The summed E-state index contributed by atoms with van der Waals surface area (Å²) in [4.78, 5) is 13.7. The Kier molecular flexibility index (Phi) is 5.74. The third-order valence-electron chi connectivity index (χ3n) is 2.99. The number of rotatable bonds is 6. The minimum absolute atomic E-state index is 0.0416. The first kappa shape index (κ1) is 15.9. The zero-order valence-corrected chi connectivity index (χ0v) is 12.0. The Morgan fingerprint density at radius 2 is 2.00 bits per heavy atom. The number of likely N-dealkylation sites (tertiary alicyclic amines) is 1. The van der Waals surface area contributed by atoms with Gasteiger partial charge in [0.15, 0.2) is 0 Å². The molecule has 0 aromatic heterocycles. The largest absolute Gasteiger partial charge is 0.341 e. The van der Waals surface area contributed by atoms with Crippen LogP contribution >= 0.6 is 0 Å². The van der Waals surface area contributed by atoms with Gasteiger partial charge in [-0.25, -0.2) is 8.42 Å². The van der Waals surface area contributed by atoms with Crippen molar-refractivity contribution in [2.24, 2.45) is 5.73 Å². The fourth-order valence-electron chi connectivity index (χ4n) is 2.07. The van der Waals surface area contributed by atoms with E-state index in [4.69, 9.17) is 11.1 Å². The van der Waals surface area contributed by atoms with Crippen molar-refractivity contribution in [1.82, 2.24) is 9.62 Å². The van der Waals surface area contributed by atoms with E-state index in [-0.39, 0.29) is 18.2 Å². The van der Waals surface area contributed by atoms with E-state index in [1.54, 1.807) is 4.90 Å². The van der Waals surface area contributed by atoms with Crippen LogP contribution in [0.1, 0.15) is 32.1 Å². The van der Waals surface area contributed by atoms with E-state index in [0.29, 0.717) is 12.8 Å². The third kappa shape index (κ3) is 6.02. The van der Waals surface area contributed by atoms with Crippen LogP contribution < -0.4 is 10.5 Å². The molecular weight excluding hydrogens is 268 g/mol. The maximum atomic E-state index is 11.9. The molecule has 110 valence electrons. The van der Waals surface area contributed by atoms with E-state index in [9.17, 15) is 13.2 Å². The topological polar surface area (TPSA) is 116 Å². The van der Waals surface area contributed by atoms with Crippen molar-refractivity contribution >= 4 is 21.8 Å². The lowest BCUT2D eigenvalue weighted by Crippen LogP contribution is -2.42. The minimum Gasteiger partial charge on any atom is -0.341 e. The highest BCUT2D eigenvalue weighted by molar-refractivity contribution is 7.89. The highest BCUT2D eigenvalue weighted by Crippen LogP contribution is 2.10. The van der Waals surface area contributed by atoms with Crippen LogP contribution in [0.4, 0.5) is 0 Å². The highest BCUT2D eigenvalue weighted by atomic mass is 32.2. The van der Waals surface area contributed by atoms with Gasteiger partial charge in [0.05, 0.1) is 12.3 Å². The molecule has 0 aliphatic carbocycles. The monoisotopic (exact) mass is 290 g/mol. The van der Waals surface area contributed by atoms with Gasteiger partial charge in [-0.1, -0.05) is 0 Å². The van der Waals surface area contributed by atoms with Gasteiger partial charge >= 0.3 is 0 Å². The molecule has 0 aromatic carbocycles. The van der Waals surface area contributed by atoms with E-state index < -0.39 is 16.1 Å². The fraction of sp³-hybridized carbons (Fsp3) is 0.818. The summed E-state index contributed by atoms with van der Waals surface area (Å²) in [6.45, 7) is 1.55. The molecule has 0 spiro atoms. The Balaban J connectivity index is 2.24. The summed E-state index contributed by atoms with van der Waals surface area (Å²) >= 11 is 0. The predicted octanol–water partition coefficient (Wildman–Crippen LogP) is -0.367. The standard InChI is InChI=1S/C11H22N4O3S/c1-19(17,18)14-10(13)6-4-5-9(12)11(16)15-7-2-3-8-15/h9H,2-8,12H2,1H3,(H2,13,14). The van der Waals surface area contributed by atoms with Crippen LogP contribution in [0.25, 0.3) is 0 Å². The molecule has 1 aliphatic heterocycles. The minimum atomic E-state index is -3.38. The van der Waals surface area contributed by atoms with Crippen molar-refractivity contribution in [2.45, 2.75) is 38.1 Å². The van der Waals surface area contributed by atoms with Crippen LogP contribution in [0.15, 0.2) is 0 Å². The van der Waals surface area contributed by atoms with Crippen LogP contribution in [-0.2, 0) is 14.8 Å². The molecule has 7 nitrogen and oxygen atoms in total. The first-order valence-electron chi connectivity index (χ1n) is 6.39. The first-order chi connectivity index (χ1) is 8.79. The van der Waals surface area contributed by atoms with Crippen LogP contribution in [0.5, 0.6) is 0 Å². The van der Waals surface area contributed by atoms with Crippen molar-refractivity contribution in [1.29, 1.82) is 5.41 Å². The Bertz CT molecular complexity index is 429. The average Bonchev–Trinajstić information content (AvgIpc) is 2.78. The van der Waals surface area contributed by atoms with Crippen LogP contribution in [0.2, 0.25) is 0 Å². The summed E-state index contributed by atoms with van der Waals surface area (Å²) in [7, 11) is -3.38. The average molecular weight is 290 g/mol. The maximum absolute atomic E-state index is 11.9. The van der Waals surface area contributed by atoms with Crippen molar-refractivity contribution < 1.29 is 13.2 Å². The van der Waals surface area contributed by atoms with Crippen molar-refractivity contribution in [3.8, 4) is 0 Å². The molecule has 1 fully saturated rings. The molecule has 1 rings (SSSR count). The quantitative estimate of drug-likeness (QED) is 0.457. The van der Waals surface area contributed by atoms with Crippen LogP contribution in [0, 0.1) is 5.41 Å². The lowest BCUT2D eigenvalue weighted by Gasteiger charge is -2.20. The van der Waals surface area contributed by atoms with Gasteiger partial charge in [-0.15, -0.1) is 0 Å². The number of hydrogen-bond acceptors (Lipinski definition) is 5. The predicted molar refractivity (Wildman–Crippen MR) is 73.3 cm³/mol. The number of nitrogens with two attached hydrogens (primary N) is 1. The molecule has 0 radical (unpaired) electrons. The fourth-order valence-corrected chi connectivity index (χ4v) is 2.62. The molecule has 0 bridgehead atoms. The van der Waals surface area contributed by atoms with Crippen LogP contribution in [-0.4, -0.2) is 50.4 Å². The zero-order chi connectivity index (χ0) is 14.5. The van der Waals surface area contributed by atoms with E-state index in [0.717, 1.165) is 32.2 Å². The highest BCUT2D eigenvalue weighted by Gasteiger charge is 2.23. The molecule has 1 atom stereocenters. The summed E-state index contributed by atoms with van der Waals surface area (Å²) in [6, 6.07) is -0.552. The number of carbonyl (C=O) groups excluding carboxylic acids is 1. The third-order valence-corrected chi connectivity index (χ3v) is 3.60. The molecule has 1 unspecified atom stereocenters. The van der Waals surface area contributed by atoms with Gasteiger partial charge < -0.3 is 10.6 Å². The van der Waals surface area contributed by atoms with Gasteiger partial charge in [-0.05, 0) is 25.7 Å². The summed E-state index contributed by atoms with van der Waals surface area (Å²) in [5.74, 6) is -0.108. The number of amides is 1. The number of carbonyl (C=O) groups is 1. The lowest BCUT2D eigenvalue weighted by molar-refractivity contribution is -0.131. The number of nitrogens with zero attached hydrogens (tertiary/aromatic N) is 1. The summed E-state index contributed by atoms with van der Waals surface area (Å²) < 4.78 is 23.9. The van der Waals surface area contributed by atoms with E-state index in [2.05, 4.69) is 4.72 Å².